The Morgan fingerprint density at radius 1 is 0.964 bits per heavy atom. The molecule has 1 heterocycles. The van der Waals surface area contributed by atoms with E-state index in [4.69, 9.17) is 4.98 Å². The molecular weight excluding hydrogens is 340 g/mol. The highest BCUT2D eigenvalue weighted by Gasteiger charge is 2.58. The van der Waals surface area contributed by atoms with Crippen LogP contribution in [0.15, 0.2) is 36.7 Å². The molecule has 28 heavy (non-hydrogen) atoms. The van der Waals surface area contributed by atoms with Crippen molar-refractivity contribution in [2.75, 3.05) is 0 Å². The lowest BCUT2D eigenvalue weighted by Crippen LogP contribution is -2.52. The first-order valence-electron chi connectivity index (χ1n) is 11.7. The predicted molar refractivity (Wildman–Crippen MR) is 116 cm³/mol. The second-order valence-corrected chi connectivity index (χ2v) is 10.8. The van der Waals surface area contributed by atoms with Crippen LogP contribution in [0.5, 0.6) is 0 Å². The van der Waals surface area contributed by atoms with Gasteiger partial charge in [-0.05, 0) is 86.2 Å². The monoisotopic (exact) mass is 374 g/mol. The first-order valence-corrected chi connectivity index (χ1v) is 11.7. The standard InChI is InChI=1S/C26H34N2/c1-25-15-6-5-7-18(25)10-11-19-20-12-13-24(26(20,2)16-14-21(19)25)28-17-27-22-8-3-4-9-23(22)28/h3-4,8-9,13,17-21H,5-7,10-12,14-16H2,1-2H3/t18?,19?,20?,21?,25-,26-/m0/s1. The van der Waals surface area contributed by atoms with Crippen molar-refractivity contribution in [3.8, 4) is 0 Å². The Balaban J connectivity index is 1.36. The molecule has 0 spiro atoms. The van der Waals surface area contributed by atoms with Gasteiger partial charge in [0.05, 0.1) is 11.0 Å². The van der Waals surface area contributed by atoms with E-state index in [1.807, 2.05) is 0 Å². The summed E-state index contributed by atoms with van der Waals surface area (Å²) in [5, 5.41) is 0. The number of aromatic nitrogens is 2. The van der Waals surface area contributed by atoms with Crippen LogP contribution in [0.2, 0.25) is 0 Å². The van der Waals surface area contributed by atoms with E-state index in [1.54, 1.807) is 5.70 Å². The molecule has 0 saturated heterocycles. The van der Waals surface area contributed by atoms with Crippen LogP contribution in [-0.4, -0.2) is 9.55 Å². The first kappa shape index (κ1) is 17.3. The highest BCUT2D eigenvalue weighted by molar-refractivity contribution is 5.80. The molecule has 2 nitrogen and oxygen atoms in total. The maximum atomic E-state index is 4.70. The summed E-state index contributed by atoms with van der Waals surface area (Å²) < 4.78 is 2.42. The zero-order chi connectivity index (χ0) is 18.9. The summed E-state index contributed by atoms with van der Waals surface area (Å²) in [6.45, 7) is 5.26. The summed E-state index contributed by atoms with van der Waals surface area (Å²) in [5.74, 6) is 3.75. The Bertz CT molecular complexity index is 939. The second-order valence-electron chi connectivity index (χ2n) is 10.8. The molecule has 4 aliphatic rings. The third kappa shape index (κ3) is 2.18. The van der Waals surface area contributed by atoms with Gasteiger partial charge < -0.3 is 4.57 Å². The number of benzene rings is 1. The molecule has 1 aromatic heterocycles. The van der Waals surface area contributed by atoms with E-state index in [0.717, 1.165) is 29.2 Å². The van der Waals surface area contributed by atoms with Crippen LogP contribution in [0.1, 0.15) is 71.6 Å². The van der Waals surface area contributed by atoms with Crippen LogP contribution < -0.4 is 0 Å². The van der Waals surface area contributed by atoms with Gasteiger partial charge in [-0.25, -0.2) is 4.98 Å². The molecule has 148 valence electrons. The van der Waals surface area contributed by atoms with Crippen molar-refractivity contribution in [2.24, 2.45) is 34.5 Å². The van der Waals surface area contributed by atoms with Crippen LogP contribution in [0.25, 0.3) is 16.7 Å². The fraction of sp³-hybridized carbons (Fsp3) is 0.654. The third-order valence-electron chi connectivity index (χ3n) is 9.84. The largest absolute Gasteiger partial charge is 0.302 e. The van der Waals surface area contributed by atoms with Gasteiger partial charge in [-0.15, -0.1) is 0 Å². The Kier molecular flexibility index (Phi) is 3.69. The number of nitrogens with zero attached hydrogens (tertiary/aromatic N) is 2. The van der Waals surface area contributed by atoms with E-state index in [1.165, 1.54) is 63.3 Å². The molecule has 0 aliphatic heterocycles. The number of fused-ring (bicyclic) bond motifs is 6. The summed E-state index contributed by atoms with van der Waals surface area (Å²) in [4.78, 5) is 4.70. The SMILES string of the molecule is C[C@]12CCCCC1CCC1C2CC[C@]2(C)C(n3cnc4ccccc43)=CCC12. The summed E-state index contributed by atoms with van der Waals surface area (Å²) >= 11 is 0. The van der Waals surface area contributed by atoms with Gasteiger partial charge in [-0.1, -0.05) is 44.9 Å². The van der Waals surface area contributed by atoms with Gasteiger partial charge in [0.1, 0.15) is 6.33 Å². The minimum absolute atomic E-state index is 0.322. The van der Waals surface area contributed by atoms with Gasteiger partial charge in [0.15, 0.2) is 0 Å². The smallest absolute Gasteiger partial charge is 0.100 e. The van der Waals surface area contributed by atoms with Crippen molar-refractivity contribution in [3.05, 3.63) is 36.7 Å². The lowest BCUT2D eigenvalue weighted by atomic mass is 9.45. The summed E-state index contributed by atoms with van der Waals surface area (Å²) in [7, 11) is 0. The number of hydrogen-bond acceptors (Lipinski definition) is 1. The quantitative estimate of drug-likeness (QED) is 0.530. The average Bonchev–Trinajstić information content (AvgIpc) is 3.28. The lowest BCUT2D eigenvalue weighted by Gasteiger charge is -2.60. The van der Waals surface area contributed by atoms with Crippen molar-refractivity contribution in [1.29, 1.82) is 0 Å². The number of imidazole rings is 1. The van der Waals surface area contributed by atoms with E-state index < -0.39 is 0 Å². The number of para-hydroxylation sites is 2. The number of hydrogen-bond donors (Lipinski definition) is 0. The van der Waals surface area contributed by atoms with Crippen molar-refractivity contribution in [3.63, 3.8) is 0 Å². The van der Waals surface area contributed by atoms with E-state index in [0.29, 0.717) is 10.8 Å². The van der Waals surface area contributed by atoms with Crippen molar-refractivity contribution < 1.29 is 0 Å². The fourth-order valence-corrected chi connectivity index (χ4v) is 8.36. The van der Waals surface area contributed by atoms with Gasteiger partial charge in [-0.3, -0.25) is 0 Å². The molecule has 1 aromatic carbocycles. The van der Waals surface area contributed by atoms with Gasteiger partial charge in [-0.2, -0.15) is 0 Å². The topological polar surface area (TPSA) is 17.8 Å². The maximum absolute atomic E-state index is 4.70. The van der Waals surface area contributed by atoms with Gasteiger partial charge in [0, 0.05) is 11.1 Å². The number of allylic oxidation sites excluding steroid dienone is 2. The van der Waals surface area contributed by atoms with Crippen LogP contribution in [0.4, 0.5) is 0 Å². The Hall–Kier alpha value is -1.57. The second kappa shape index (κ2) is 5.97. The third-order valence-corrected chi connectivity index (χ3v) is 9.84. The Morgan fingerprint density at radius 2 is 1.86 bits per heavy atom. The summed E-state index contributed by atoms with van der Waals surface area (Å²) in [6, 6.07) is 8.63. The molecule has 4 aliphatic carbocycles. The Labute approximate surface area is 169 Å². The minimum atomic E-state index is 0.322. The van der Waals surface area contributed by atoms with Crippen LogP contribution in [0, 0.1) is 34.5 Å². The van der Waals surface area contributed by atoms with E-state index in [-0.39, 0.29) is 0 Å². The van der Waals surface area contributed by atoms with Gasteiger partial charge in [0.2, 0.25) is 0 Å². The average molecular weight is 375 g/mol. The molecular formula is C26H34N2. The molecule has 0 N–H and O–H groups in total. The molecule has 0 radical (unpaired) electrons. The Morgan fingerprint density at radius 3 is 2.79 bits per heavy atom. The van der Waals surface area contributed by atoms with Crippen LogP contribution >= 0.6 is 0 Å². The highest BCUT2D eigenvalue weighted by atomic mass is 15.1. The molecule has 2 aromatic rings. The van der Waals surface area contributed by atoms with Gasteiger partial charge in [0.25, 0.3) is 0 Å². The lowest BCUT2D eigenvalue weighted by molar-refractivity contribution is -0.0960. The molecule has 6 rings (SSSR count). The minimum Gasteiger partial charge on any atom is -0.302 e. The van der Waals surface area contributed by atoms with Crippen LogP contribution in [0.3, 0.4) is 0 Å². The summed E-state index contributed by atoms with van der Waals surface area (Å²) in [6.07, 6.45) is 17.7. The zero-order valence-electron chi connectivity index (χ0n) is 17.5. The van der Waals surface area contributed by atoms with Crippen molar-refractivity contribution in [1.82, 2.24) is 9.55 Å². The first-order chi connectivity index (χ1) is 13.6. The molecule has 6 atom stereocenters. The molecule has 3 saturated carbocycles. The molecule has 0 bridgehead atoms. The molecule has 3 fully saturated rings. The van der Waals surface area contributed by atoms with Gasteiger partial charge >= 0.3 is 0 Å². The van der Waals surface area contributed by atoms with E-state index >= 15 is 0 Å². The molecule has 2 heteroatoms. The number of rotatable bonds is 1. The molecule has 4 unspecified atom stereocenters. The summed E-state index contributed by atoms with van der Waals surface area (Å²) in [5.41, 5.74) is 4.90. The maximum Gasteiger partial charge on any atom is 0.100 e. The predicted octanol–water partition coefficient (Wildman–Crippen LogP) is 6.92. The van der Waals surface area contributed by atoms with Crippen molar-refractivity contribution >= 4 is 16.7 Å². The highest BCUT2D eigenvalue weighted by Crippen LogP contribution is 2.67. The van der Waals surface area contributed by atoms with Crippen molar-refractivity contribution in [2.45, 2.75) is 71.6 Å². The normalized spacial score (nSPS) is 42.6. The van der Waals surface area contributed by atoms with Crippen LogP contribution in [-0.2, 0) is 0 Å². The van der Waals surface area contributed by atoms with E-state index in [9.17, 15) is 0 Å². The molecule has 0 amide bonds. The zero-order valence-corrected chi connectivity index (χ0v) is 17.5. The van der Waals surface area contributed by atoms with E-state index in [2.05, 4.69) is 55.1 Å². The fourth-order valence-electron chi connectivity index (χ4n) is 8.36.